The Morgan fingerprint density at radius 1 is 0.773 bits per heavy atom. The second-order valence-corrected chi connectivity index (χ2v) is 17.5. The highest BCUT2D eigenvalue weighted by Crippen LogP contribution is 2.21. The molecule has 0 spiro atoms. The van der Waals surface area contributed by atoms with Gasteiger partial charge in [-0.1, -0.05) is 56.6 Å². The van der Waals surface area contributed by atoms with Crippen LogP contribution in [0, 0.1) is 0 Å². The zero-order valence-electron chi connectivity index (χ0n) is 13.3. The lowest BCUT2D eigenvalue weighted by atomic mass is 10.4. The van der Waals surface area contributed by atoms with Gasteiger partial charge in [0.15, 0.2) is 16.6 Å². The molecule has 1 rings (SSSR count). The van der Waals surface area contributed by atoms with E-state index in [1.807, 2.05) is 29.6 Å². The lowest BCUT2D eigenvalue weighted by molar-refractivity contribution is 0.409. The molecule has 0 aliphatic heterocycles. The van der Waals surface area contributed by atoms with E-state index in [4.69, 9.17) is 8.23 Å². The summed E-state index contributed by atoms with van der Waals surface area (Å²) in [5, 5.41) is 1.17. The second kappa shape index (κ2) is 8.79. The van der Waals surface area contributed by atoms with Crippen LogP contribution in [-0.2, 0) is 8.23 Å². The van der Waals surface area contributed by atoms with Crippen molar-refractivity contribution in [2.24, 2.45) is 0 Å². The predicted molar refractivity (Wildman–Crippen MR) is 109 cm³/mol. The van der Waals surface area contributed by atoms with Crippen LogP contribution in [0.5, 0.6) is 0 Å². The third-order valence-electron chi connectivity index (χ3n) is 3.20. The van der Waals surface area contributed by atoms with Crippen molar-refractivity contribution in [3.8, 4) is 0 Å². The Labute approximate surface area is 141 Å². The zero-order chi connectivity index (χ0) is 15.4. The van der Waals surface area contributed by atoms with Gasteiger partial charge >= 0.3 is 8.56 Å². The van der Waals surface area contributed by atoms with Crippen LogP contribution in [0.3, 0.4) is 0 Å². The largest absolute Gasteiger partial charge is 0.430 e. The highest BCUT2D eigenvalue weighted by molar-refractivity contribution is 6.96. The third-order valence-corrected chi connectivity index (χ3v) is 13.9. The minimum Gasteiger partial charge on any atom is -0.430 e. The fraction of sp³-hybridized carbons (Fsp3) is 0.412. The van der Waals surface area contributed by atoms with E-state index in [9.17, 15) is 0 Å². The Morgan fingerprint density at radius 2 is 1.14 bits per heavy atom. The maximum atomic E-state index is 6.52. The first-order valence-electron chi connectivity index (χ1n) is 6.87. The van der Waals surface area contributed by atoms with Crippen molar-refractivity contribution in [3.63, 3.8) is 0 Å². The summed E-state index contributed by atoms with van der Waals surface area (Å²) in [4.78, 5) is 0. The molecule has 0 amide bonds. The second-order valence-electron chi connectivity index (χ2n) is 6.13. The molecule has 1 aromatic rings. The number of hydrogen-bond acceptors (Lipinski definition) is 2. The van der Waals surface area contributed by atoms with Gasteiger partial charge in [0.05, 0.1) is 0 Å². The first-order valence-corrected chi connectivity index (χ1v) is 15.2. The highest BCUT2D eigenvalue weighted by atomic mass is 28.5. The van der Waals surface area contributed by atoms with Crippen LogP contribution >= 0.6 is 0 Å². The molecule has 5 heteroatoms. The van der Waals surface area contributed by atoms with Crippen LogP contribution < -0.4 is 5.19 Å². The molecule has 0 N–H and O–H groups in total. The van der Waals surface area contributed by atoms with Crippen molar-refractivity contribution in [2.75, 3.05) is 0 Å². The molecule has 0 aliphatic rings. The van der Waals surface area contributed by atoms with E-state index in [2.05, 4.69) is 58.0 Å². The molecule has 0 bridgehead atoms. The topological polar surface area (TPSA) is 18.5 Å². The lowest BCUT2D eigenvalue weighted by Crippen LogP contribution is -2.60. The maximum absolute atomic E-state index is 6.52. The van der Waals surface area contributed by atoms with E-state index in [0.717, 1.165) is 0 Å². The standard InChI is InChI=1S/C15H26O2Si3.2CH4/c1-8-18(3,4)16-20(7,17-19(5,6)9-2)15-13-11-10-12-14-15;;/h8-14H,1-2H2,3-7H3;2*1H4. The van der Waals surface area contributed by atoms with Crippen LogP contribution in [0.25, 0.3) is 0 Å². The van der Waals surface area contributed by atoms with Gasteiger partial charge in [-0.25, -0.2) is 0 Å². The normalized spacial score (nSPS) is 11.9. The highest BCUT2D eigenvalue weighted by Gasteiger charge is 2.43. The predicted octanol–water partition coefficient (Wildman–Crippen LogP) is 5.13. The molecular weight excluding hydrogens is 320 g/mol. The van der Waals surface area contributed by atoms with Gasteiger partial charge < -0.3 is 8.23 Å². The van der Waals surface area contributed by atoms with Gasteiger partial charge in [0.1, 0.15) is 0 Å². The number of hydrogen-bond donors (Lipinski definition) is 0. The molecule has 1 aromatic carbocycles. The van der Waals surface area contributed by atoms with Gasteiger partial charge in [0.25, 0.3) is 0 Å². The summed E-state index contributed by atoms with van der Waals surface area (Å²) in [6, 6.07) is 10.3. The van der Waals surface area contributed by atoms with Gasteiger partial charge in [-0.3, -0.25) is 0 Å². The summed E-state index contributed by atoms with van der Waals surface area (Å²) in [5.74, 6) is 0. The minimum atomic E-state index is -2.46. The van der Waals surface area contributed by atoms with E-state index < -0.39 is 25.2 Å². The Morgan fingerprint density at radius 3 is 1.45 bits per heavy atom. The van der Waals surface area contributed by atoms with Crippen LogP contribution in [-0.4, -0.2) is 25.2 Å². The average Bonchev–Trinajstić information content (AvgIpc) is 2.38. The smallest absolute Gasteiger partial charge is 0.349 e. The van der Waals surface area contributed by atoms with E-state index >= 15 is 0 Å². The molecule has 0 heterocycles. The van der Waals surface area contributed by atoms with Crippen LogP contribution in [0.1, 0.15) is 14.9 Å². The third kappa shape index (κ3) is 6.58. The van der Waals surface area contributed by atoms with Crippen molar-refractivity contribution in [1.29, 1.82) is 0 Å². The Balaban J connectivity index is 0. The number of benzene rings is 1. The summed E-state index contributed by atoms with van der Waals surface area (Å²) in [5.41, 5.74) is 3.93. The van der Waals surface area contributed by atoms with Crippen molar-refractivity contribution >= 4 is 30.4 Å². The molecule has 0 radical (unpaired) electrons. The lowest BCUT2D eigenvalue weighted by Gasteiger charge is -2.38. The minimum absolute atomic E-state index is 0. The van der Waals surface area contributed by atoms with Crippen LogP contribution in [0.15, 0.2) is 54.9 Å². The molecule has 0 atom stereocenters. The SMILES string of the molecule is C.C.C=C[Si](C)(C)O[Si](C)(O[Si](C)(C)C=C)c1ccccc1. The van der Waals surface area contributed by atoms with Crippen molar-refractivity contribution in [3.05, 3.63) is 54.9 Å². The van der Waals surface area contributed by atoms with Crippen molar-refractivity contribution in [1.82, 2.24) is 0 Å². The first kappa shape index (κ1) is 23.5. The fourth-order valence-corrected chi connectivity index (χ4v) is 12.9. The van der Waals surface area contributed by atoms with Gasteiger partial charge in [0, 0.05) is 0 Å². The molecule has 0 fully saturated rings. The van der Waals surface area contributed by atoms with E-state index in [1.54, 1.807) is 0 Å². The Hall–Kier alpha value is -0.729. The maximum Gasteiger partial charge on any atom is 0.349 e. The first-order chi connectivity index (χ1) is 9.14. The van der Waals surface area contributed by atoms with E-state index in [1.165, 1.54) is 5.19 Å². The molecule has 0 unspecified atom stereocenters. The summed E-state index contributed by atoms with van der Waals surface area (Å²) < 4.78 is 13.0. The van der Waals surface area contributed by atoms with Crippen LogP contribution in [0.4, 0.5) is 0 Å². The quantitative estimate of drug-likeness (QED) is 0.632. The molecule has 22 heavy (non-hydrogen) atoms. The summed E-state index contributed by atoms with van der Waals surface area (Å²) in [6.45, 7) is 18.6. The summed E-state index contributed by atoms with van der Waals surface area (Å²) in [6.07, 6.45) is 0. The van der Waals surface area contributed by atoms with E-state index in [0.29, 0.717) is 0 Å². The summed E-state index contributed by atoms with van der Waals surface area (Å²) >= 11 is 0. The van der Waals surface area contributed by atoms with Crippen molar-refractivity contribution in [2.45, 2.75) is 47.6 Å². The Bertz CT molecular complexity index is 448. The van der Waals surface area contributed by atoms with Crippen molar-refractivity contribution < 1.29 is 8.23 Å². The molecule has 0 aromatic heterocycles. The average molecular weight is 355 g/mol. The summed E-state index contributed by atoms with van der Waals surface area (Å²) in [7, 11) is -6.30. The molecule has 126 valence electrons. The van der Waals surface area contributed by atoms with Gasteiger partial charge in [-0.05, 0) is 37.9 Å². The zero-order valence-corrected chi connectivity index (χ0v) is 16.3. The fourth-order valence-electron chi connectivity index (χ4n) is 1.97. The Kier molecular flexibility index (Phi) is 9.40. The van der Waals surface area contributed by atoms with Gasteiger partial charge in [-0.15, -0.1) is 13.2 Å². The molecule has 0 aliphatic carbocycles. The number of rotatable bonds is 7. The van der Waals surface area contributed by atoms with Gasteiger partial charge in [-0.2, -0.15) is 0 Å². The monoisotopic (exact) mass is 354 g/mol. The molecule has 0 saturated carbocycles. The molecule has 0 saturated heterocycles. The van der Waals surface area contributed by atoms with E-state index in [-0.39, 0.29) is 14.9 Å². The van der Waals surface area contributed by atoms with Gasteiger partial charge in [0.2, 0.25) is 0 Å². The molecular formula is C17H34O2Si3. The van der Waals surface area contributed by atoms with Crippen LogP contribution in [0.2, 0.25) is 32.7 Å². The molecule has 2 nitrogen and oxygen atoms in total.